The molecule has 0 saturated heterocycles. The number of fused-ring (bicyclic) bond motifs is 7. The van der Waals surface area contributed by atoms with E-state index in [9.17, 15) is 9.59 Å². The van der Waals surface area contributed by atoms with Crippen molar-refractivity contribution >= 4 is 11.9 Å². The molecule has 0 spiro atoms. The number of ether oxygens (including phenoxy) is 2. The van der Waals surface area contributed by atoms with E-state index in [1.807, 2.05) is 0 Å². The van der Waals surface area contributed by atoms with Gasteiger partial charge in [-0.25, -0.2) is 0 Å². The Hall–Kier alpha value is -1.32. The van der Waals surface area contributed by atoms with Gasteiger partial charge >= 0.3 is 11.9 Å². The Morgan fingerprint density at radius 2 is 1.49 bits per heavy atom. The van der Waals surface area contributed by atoms with Crippen molar-refractivity contribution < 1.29 is 19.1 Å². The predicted octanol–water partition coefficient (Wildman–Crippen LogP) is 7.75. The zero-order chi connectivity index (χ0) is 27.2. The minimum absolute atomic E-state index is 0.00293. The molecule has 0 bridgehead atoms. The van der Waals surface area contributed by atoms with Crippen LogP contribution in [0.1, 0.15) is 113 Å². The van der Waals surface area contributed by atoms with Gasteiger partial charge in [0.2, 0.25) is 0 Å². The third-order valence-corrected chi connectivity index (χ3v) is 13.5. The molecule has 208 valence electrons. The highest BCUT2D eigenvalue weighted by Crippen LogP contribution is 2.75. The lowest BCUT2D eigenvalue weighted by atomic mass is 9.33. The van der Waals surface area contributed by atoms with Gasteiger partial charge in [0.05, 0.1) is 12.5 Å². The van der Waals surface area contributed by atoms with Crippen molar-refractivity contribution in [3.63, 3.8) is 0 Å². The maximum Gasteiger partial charge on any atom is 0.312 e. The van der Waals surface area contributed by atoms with Crippen molar-refractivity contribution in [2.75, 3.05) is 7.11 Å². The third kappa shape index (κ3) is 3.58. The van der Waals surface area contributed by atoms with Gasteiger partial charge in [-0.05, 0) is 103 Å². The Kier molecular flexibility index (Phi) is 6.14. The molecule has 0 unspecified atom stereocenters. The summed E-state index contributed by atoms with van der Waals surface area (Å²) in [7, 11) is 1.59. The second-order valence-electron chi connectivity index (χ2n) is 15.9. The monoisotopic (exact) mass is 512 g/mol. The van der Waals surface area contributed by atoms with Gasteiger partial charge in [-0.2, -0.15) is 0 Å². The SMILES string of the molecule is COC(=O)[C@]12CCC(C)(C)C[C@H]1[C@@H]1C=C[C@H]3[C@@]4(C)CC[C@H](OC(C)=O)C(C)(C)[C@H]4CC[C@]3(C)[C@@]1(C)CC2. The van der Waals surface area contributed by atoms with Gasteiger partial charge in [0.15, 0.2) is 0 Å². The first kappa shape index (κ1) is 27.3. The number of rotatable bonds is 2. The molecule has 0 aromatic carbocycles. The highest BCUT2D eigenvalue weighted by molar-refractivity contribution is 5.78. The van der Waals surface area contributed by atoms with Crippen molar-refractivity contribution in [2.24, 2.45) is 56.2 Å². The average molecular weight is 513 g/mol. The maximum atomic E-state index is 13.4. The van der Waals surface area contributed by atoms with Crippen LogP contribution < -0.4 is 0 Å². The van der Waals surface area contributed by atoms with Gasteiger partial charge in [0.1, 0.15) is 6.10 Å². The molecule has 0 aliphatic heterocycles. The van der Waals surface area contributed by atoms with Crippen molar-refractivity contribution in [3.8, 4) is 0 Å². The lowest BCUT2D eigenvalue weighted by Gasteiger charge is -2.71. The minimum atomic E-state index is -0.326. The first-order valence-electron chi connectivity index (χ1n) is 15.0. The smallest absolute Gasteiger partial charge is 0.312 e. The minimum Gasteiger partial charge on any atom is -0.469 e. The molecular formula is C33H52O4. The molecule has 0 N–H and O–H groups in total. The number of carbonyl (C=O) groups is 2. The molecule has 5 aliphatic carbocycles. The summed E-state index contributed by atoms with van der Waals surface area (Å²) in [6.07, 6.45) is 14.8. The van der Waals surface area contributed by atoms with E-state index in [1.165, 1.54) is 12.8 Å². The van der Waals surface area contributed by atoms with E-state index in [2.05, 4.69) is 60.6 Å². The van der Waals surface area contributed by atoms with E-state index < -0.39 is 0 Å². The van der Waals surface area contributed by atoms with Gasteiger partial charge in [0, 0.05) is 12.3 Å². The largest absolute Gasteiger partial charge is 0.469 e. The average Bonchev–Trinajstić information content (AvgIpc) is 2.80. The van der Waals surface area contributed by atoms with Gasteiger partial charge in [0.25, 0.3) is 0 Å². The summed E-state index contributed by atoms with van der Waals surface area (Å²) in [5, 5.41) is 0. The summed E-state index contributed by atoms with van der Waals surface area (Å²) in [6.45, 7) is 18.8. The highest BCUT2D eigenvalue weighted by atomic mass is 16.5. The lowest BCUT2D eigenvalue weighted by Crippen LogP contribution is -2.66. The molecular weight excluding hydrogens is 460 g/mol. The van der Waals surface area contributed by atoms with E-state index in [0.29, 0.717) is 23.7 Å². The summed E-state index contributed by atoms with van der Waals surface area (Å²) in [6, 6.07) is 0. The van der Waals surface area contributed by atoms with Gasteiger partial charge < -0.3 is 9.47 Å². The van der Waals surface area contributed by atoms with Crippen LogP contribution in [0.5, 0.6) is 0 Å². The van der Waals surface area contributed by atoms with Crippen molar-refractivity contribution in [3.05, 3.63) is 12.2 Å². The van der Waals surface area contributed by atoms with Crippen LogP contribution in [0.4, 0.5) is 0 Å². The van der Waals surface area contributed by atoms with E-state index in [0.717, 1.165) is 44.9 Å². The molecule has 9 atom stereocenters. The topological polar surface area (TPSA) is 52.6 Å². The second-order valence-corrected chi connectivity index (χ2v) is 15.9. The molecule has 0 amide bonds. The van der Waals surface area contributed by atoms with Crippen molar-refractivity contribution in [1.29, 1.82) is 0 Å². The summed E-state index contributed by atoms with van der Waals surface area (Å²) in [5.74, 6) is 1.66. The molecule has 5 rings (SSSR count). The van der Waals surface area contributed by atoms with Gasteiger partial charge in [-0.1, -0.05) is 60.6 Å². The second kappa shape index (κ2) is 8.34. The Bertz CT molecular complexity index is 994. The summed E-state index contributed by atoms with van der Waals surface area (Å²) < 4.78 is 11.4. The van der Waals surface area contributed by atoms with Crippen LogP contribution in [-0.2, 0) is 19.1 Å². The Labute approximate surface area is 225 Å². The molecule has 0 aromatic heterocycles. The van der Waals surface area contributed by atoms with Crippen LogP contribution in [0.15, 0.2) is 12.2 Å². The Morgan fingerprint density at radius 1 is 0.811 bits per heavy atom. The Morgan fingerprint density at radius 3 is 2.14 bits per heavy atom. The van der Waals surface area contributed by atoms with E-state index in [4.69, 9.17) is 9.47 Å². The van der Waals surface area contributed by atoms with Crippen LogP contribution in [-0.4, -0.2) is 25.2 Å². The van der Waals surface area contributed by atoms with Crippen LogP contribution in [0.2, 0.25) is 0 Å². The summed E-state index contributed by atoms with van der Waals surface area (Å²) in [5.41, 5.74) is 0.423. The first-order chi connectivity index (χ1) is 17.1. The molecule has 5 aliphatic rings. The number of hydrogen-bond acceptors (Lipinski definition) is 4. The third-order valence-electron chi connectivity index (χ3n) is 13.5. The van der Waals surface area contributed by atoms with Crippen LogP contribution in [0.3, 0.4) is 0 Å². The fourth-order valence-electron chi connectivity index (χ4n) is 11.3. The number of carbonyl (C=O) groups excluding carboxylic acids is 2. The van der Waals surface area contributed by atoms with Crippen molar-refractivity contribution in [1.82, 2.24) is 0 Å². The highest BCUT2D eigenvalue weighted by Gasteiger charge is 2.70. The van der Waals surface area contributed by atoms with Gasteiger partial charge in [-0.3, -0.25) is 9.59 Å². The standard InChI is InChI=1S/C33H52O4/c1-21(34)37-26-13-14-30(6)24(29(26,4)5)12-15-32(8)25(30)11-10-22-23-20-28(2,3)16-18-33(23,27(35)36-9)19-17-31(22,32)7/h10-11,22-26H,12-20H2,1-9H3/t22-,23-,24+,25-,26-,30-,31-,32-,33-/m0/s1. The molecule has 0 aromatic rings. The molecule has 4 saturated carbocycles. The van der Waals surface area contributed by atoms with Crippen LogP contribution >= 0.6 is 0 Å². The van der Waals surface area contributed by atoms with E-state index in [-0.39, 0.29) is 50.5 Å². The molecule has 37 heavy (non-hydrogen) atoms. The van der Waals surface area contributed by atoms with E-state index in [1.54, 1.807) is 14.0 Å². The molecule has 0 heterocycles. The number of esters is 2. The predicted molar refractivity (Wildman–Crippen MR) is 147 cm³/mol. The van der Waals surface area contributed by atoms with Crippen LogP contribution in [0, 0.1) is 56.2 Å². The zero-order valence-corrected chi connectivity index (χ0v) is 25.0. The molecule has 0 radical (unpaired) electrons. The zero-order valence-electron chi connectivity index (χ0n) is 25.0. The normalized spacial score (nSPS) is 49.5. The lowest BCUT2D eigenvalue weighted by molar-refractivity contribution is -0.226. The molecule has 4 heteroatoms. The van der Waals surface area contributed by atoms with Crippen molar-refractivity contribution in [2.45, 2.75) is 119 Å². The van der Waals surface area contributed by atoms with Gasteiger partial charge in [-0.15, -0.1) is 0 Å². The fourth-order valence-corrected chi connectivity index (χ4v) is 11.3. The first-order valence-corrected chi connectivity index (χ1v) is 15.0. The summed E-state index contributed by atoms with van der Waals surface area (Å²) >= 11 is 0. The number of methoxy groups -OCH3 is 1. The van der Waals surface area contributed by atoms with E-state index >= 15 is 0 Å². The quantitative estimate of drug-likeness (QED) is 0.280. The maximum absolute atomic E-state index is 13.4. The summed E-state index contributed by atoms with van der Waals surface area (Å²) in [4.78, 5) is 25.3. The van der Waals surface area contributed by atoms with Crippen LogP contribution in [0.25, 0.3) is 0 Å². The molecule has 4 nitrogen and oxygen atoms in total. The fraction of sp³-hybridized carbons (Fsp3) is 0.879. The Balaban J connectivity index is 1.55. The molecule has 4 fully saturated rings. The number of allylic oxidation sites excluding steroid dienone is 2. The number of hydrogen-bond donors (Lipinski definition) is 0.